The van der Waals surface area contributed by atoms with Crippen LogP contribution in [0.5, 0.6) is 0 Å². The van der Waals surface area contributed by atoms with Crippen LogP contribution in [0.1, 0.15) is 43.7 Å². The lowest BCUT2D eigenvalue weighted by Gasteiger charge is -2.19. The van der Waals surface area contributed by atoms with Crippen LogP contribution in [-0.4, -0.2) is 5.78 Å². The molecule has 0 atom stereocenters. The molecule has 0 spiro atoms. The van der Waals surface area contributed by atoms with Crippen molar-refractivity contribution in [3.05, 3.63) is 41.2 Å². The molecule has 90 valence electrons. The SMILES string of the molecule is CCCC(=O)/C(F)=C1\CCCc2ccccc21. The van der Waals surface area contributed by atoms with Gasteiger partial charge in [0.15, 0.2) is 11.6 Å². The highest BCUT2D eigenvalue weighted by Gasteiger charge is 2.20. The van der Waals surface area contributed by atoms with Crippen LogP contribution < -0.4 is 0 Å². The molecular formula is C15H17FO. The van der Waals surface area contributed by atoms with Crippen LogP contribution in [0.15, 0.2) is 30.1 Å². The van der Waals surface area contributed by atoms with Gasteiger partial charge in [-0.3, -0.25) is 4.79 Å². The maximum Gasteiger partial charge on any atom is 0.191 e. The van der Waals surface area contributed by atoms with E-state index < -0.39 is 5.83 Å². The van der Waals surface area contributed by atoms with Crippen molar-refractivity contribution in [2.24, 2.45) is 0 Å². The summed E-state index contributed by atoms with van der Waals surface area (Å²) in [5, 5.41) is 0. The van der Waals surface area contributed by atoms with Crippen molar-refractivity contribution < 1.29 is 9.18 Å². The van der Waals surface area contributed by atoms with E-state index in [1.807, 2.05) is 31.2 Å². The van der Waals surface area contributed by atoms with Crippen molar-refractivity contribution in [3.63, 3.8) is 0 Å². The predicted molar refractivity (Wildman–Crippen MR) is 67.3 cm³/mol. The van der Waals surface area contributed by atoms with Crippen LogP contribution in [0.4, 0.5) is 4.39 Å². The number of hydrogen-bond acceptors (Lipinski definition) is 1. The smallest absolute Gasteiger partial charge is 0.191 e. The topological polar surface area (TPSA) is 17.1 Å². The van der Waals surface area contributed by atoms with Crippen LogP contribution in [0, 0.1) is 0 Å². The van der Waals surface area contributed by atoms with Gasteiger partial charge in [-0.2, -0.15) is 0 Å². The summed E-state index contributed by atoms with van der Waals surface area (Å²) in [6.45, 7) is 1.89. The molecule has 1 aliphatic rings. The molecule has 17 heavy (non-hydrogen) atoms. The molecule has 0 aliphatic heterocycles. The lowest BCUT2D eigenvalue weighted by atomic mass is 9.86. The summed E-state index contributed by atoms with van der Waals surface area (Å²) in [5.74, 6) is -0.863. The number of fused-ring (bicyclic) bond motifs is 1. The zero-order valence-corrected chi connectivity index (χ0v) is 10.1. The van der Waals surface area contributed by atoms with Gasteiger partial charge in [0.05, 0.1) is 0 Å². The Kier molecular flexibility index (Phi) is 3.72. The quantitative estimate of drug-likeness (QED) is 0.718. The number of allylic oxidation sites excluding steroid dienone is 2. The summed E-state index contributed by atoms with van der Waals surface area (Å²) in [7, 11) is 0. The normalized spacial score (nSPS) is 17.5. The van der Waals surface area contributed by atoms with Crippen molar-refractivity contribution in [2.75, 3.05) is 0 Å². The first-order valence-corrected chi connectivity index (χ1v) is 6.24. The summed E-state index contributed by atoms with van der Waals surface area (Å²) in [6, 6.07) is 7.81. The van der Waals surface area contributed by atoms with E-state index in [-0.39, 0.29) is 5.78 Å². The van der Waals surface area contributed by atoms with Crippen molar-refractivity contribution in [1.29, 1.82) is 0 Å². The number of benzene rings is 1. The molecule has 0 fully saturated rings. The molecule has 1 nitrogen and oxygen atoms in total. The summed E-state index contributed by atoms with van der Waals surface area (Å²) in [6.07, 6.45) is 3.59. The van der Waals surface area contributed by atoms with E-state index in [0.717, 1.165) is 24.0 Å². The van der Waals surface area contributed by atoms with Crippen LogP contribution in [0.3, 0.4) is 0 Å². The van der Waals surface area contributed by atoms with E-state index in [0.29, 0.717) is 24.8 Å². The zero-order chi connectivity index (χ0) is 12.3. The van der Waals surface area contributed by atoms with Crippen LogP contribution in [-0.2, 0) is 11.2 Å². The second-order valence-corrected chi connectivity index (χ2v) is 4.48. The van der Waals surface area contributed by atoms with Gasteiger partial charge >= 0.3 is 0 Å². The number of carbonyl (C=O) groups excluding carboxylic acids is 1. The molecule has 2 heteroatoms. The maximum atomic E-state index is 14.1. The number of ketones is 1. The van der Waals surface area contributed by atoms with Crippen molar-refractivity contribution in [1.82, 2.24) is 0 Å². The standard InChI is InChI=1S/C15H17FO/c1-2-6-14(17)15(16)13-10-5-8-11-7-3-4-9-12(11)13/h3-4,7,9H,2,5-6,8,10H2,1H3/b15-13-. The molecule has 0 saturated carbocycles. The maximum absolute atomic E-state index is 14.1. The van der Waals surface area contributed by atoms with E-state index in [2.05, 4.69) is 0 Å². The number of aryl methyl sites for hydroxylation is 1. The van der Waals surface area contributed by atoms with Gasteiger partial charge in [0.2, 0.25) is 0 Å². The molecule has 0 aromatic heterocycles. The number of carbonyl (C=O) groups is 1. The summed E-state index contributed by atoms with van der Waals surface area (Å²) >= 11 is 0. The molecule has 0 amide bonds. The predicted octanol–water partition coefficient (Wildman–Crippen LogP) is 4.07. The summed E-state index contributed by atoms with van der Waals surface area (Å²) in [4.78, 5) is 11.6. The Labute approximate surface area is 101 Å². The van der Waals surface area contributed by atoms with Gasteiger partial charge in [-0.15, -0.1) is 0 Å². The van der Waals surface area contributed by atoms with Gasteiger partial charge in [-0.1, -0.05) is 31.2 Å². The van der Waals surface area contributed by atoms with Crippen LogP contribution >= 0.6 is 0 Å². The number of hydrogen-bond donors (Lipinski definition) is 0. The highest BCUT2D eigenvalue weighted by molar-refractivity contribution is 6.00. The van der Waals surface area contributed by atoms with Crippen molar-refractivity contribution in [2.45, 2.75) is 39.0 Å². The van der Waals surface area contributed by atoms with E-state index in [9.17, 15) is 9.18 Å². The largest absolute Gasteiger partial charge is 0.292 e. The van der Waals surface area contributed by atoms with Crippen LogP contribution in [0.25, 0.3) is 5.57 Å². The third-order valence-corrected chi connectivity index (χ3v) is 3.20. The minimum absolute atomic E-state index is 0.303. The Balaban J connectivity index is 2.40. The molecule has 2 rings (SSSR count). The van der Waals surface area contributed by atoms with Gasteiger partial charge in [-0.05, 0) is 42.4 Å². The molecule has 1 aromatic carbocycles. The molecule has 0 radical (unpaired) electrons. The highest BCUT2D eigenvalue weighted by atomic mass is 19.1. The third kappa shape index (κ3) is 2.46. The van der Waals surface area contributed by atoms with Gasteiger partial charge < -0.3 is 0 Å². The fourth-order valence-electron chi connectivity index (χ4n) is 2.36. The Morgan fingerprint density at radius 2 is 2.06 bits per heavy atom. The Bertz CT molecular complexity index is 460. The second-order valence-electron chi connectivity index (χ2n) is 4.48. The monoisotopic (exact) mass is 232 g/mol. The molecule has 0 unspecified atom stereocenters. The average Bonchev–Trinajstić information content (AvgIpc) is 2.37. The molecule has 1 aliphatic carbocycles. The van der Waals surface area contributed by atoms with Gasteiger partial charge in [-0.25, -0.2) is 4.39 Å². The van der Waals surface area contributed by atoms with Gasteiger partial charge in [0.1, 0.15) is 0 Å². The first-order chi connectivity index (χ1) is 8.24. The Morgan fingerprint density at radius 1 is 1.29 bits per heavy atom. The molecular weight excluding hydrogens is 215 g/mol. The number of Topliss-reactive ketones (excluding diaryl/α,β-unsaturated/α-hetero) is 1. The lowest BCUT2D eigenvalue weighted by Crippen LogP contribution is -2.07. The Morgan fingerprint density at radius 3 is 2.82 bits per heavy atom. The highest BCUT2D eigenvalue weighted by Crippen LogP contribution is 2.33. The van der Waals surface area contributed by atoms with Gasteiger partial charge in [0, 0.05) is 6.42 Å². The van der Waals surface area contributed by atoms with E-state index >= 15 is 0 Å². The molecule has 0 N–H and O–H groups in total. The van der Waals surface area contributed by atoms with E-state index in [4.69, 9.17) is 0 Å². The first kappa shape index (κ1) is 12.0. The summed E-state index contributed by atoms with van der Waals surface area (Å²) in [5.41, 5.74) is 2.71. The van der Waals surface area contributed by atoms with Crippen molar-refractivity contribution in [3.8, 4) is 0 Å². The minimum atomic E-state index is -0.515. The van der Waals surface area contributed by atoms with E-state index in [1.165, 1.54) is 0 Å². The minimum Gasteiger partial charge on any atom is -0.292 e. The van der Waals surface area contributed by atoms with Crippen LogP contribution in [0.2, 0.25) is 0 Å². The molecule has 0 bridgehead atoms. The van der Waals surface area contributed by atoms with Gasteiger partial charge in [0.25, 0.3) is 0 Å². The Hall–Kier alpha value is -1.44. The molecule has 0 saturated heterocycles. The zero-order valence-electron chi connectivity index (χ0n) is 10.1. The summed E-state index contributed by atoms with van der Waals surface area (Å²) < 4.78 is 14.1. The third-order valence-electron chi connectivity index (χ3n) is 3.20. The fraction of sp³-hybridized carbons (Fsp3) is 0.400. The number of halogens is 1. The number of rotatable bonds is 3. The lowest BCUT2D eigenvalue weighted by molar-refractivity contribution is -0.116. The fourth-order valence-corrected chi connectivity index (χ4v) is 2.36. The molecule has 0 heterocycles. The second kappa shape index (κ2) is 5.26. The average molecular weight is 232 g/mol. The van der Waals surface area contributed by atoms with E-state index in [1.54, 1.807) is 0 Å². The van der Waals surface area contributed by atoms with Crippen molar-refractivity contribution >= 4 is 11.4 Å². The molecule has 1 aromatic rings. The first-order valence-electron chi connectivity index (χ1n) is 6.24.